The van der Waals surface area contributed by atoms with E-state index in [1.54, 1.807) is 18.2 Å². The van der Waals surface area contributed by atoms with Crippen LogP contribution in [0, 0.1) is 0 Å². The maximum atomic E-state index is 11.9. The molecule has 1 heterocycles. The van der Waals surface area contributed by atoms with E-state index in [0.29, 0.717) is 28.6 Å². The van der Waals surface area contributed by atoms with E-state index in [0.717, 1.165) is 6.42 Å². The van der Waals surface area contributed by atoms with E-state index in [9.17, 15) is 9.59 Å². The molecule has 1 aliphatic rings. The Hall–Kier alpha value is -1.20. The zero-order chi connectivity index (χ0) is 13.1. The molecule has 2 rings (SSSR count). The topological polar surface area (TPSA) is 63.4 Å². The zero-order valence-corrected chi connectivity index (χ0v) is 11.3. The van der Waals surface area contributed by atoms with Crippen LogP contribution in [0.3, 0.4) is 0 Å². The summed E-state index contributed by atoms with van der Waals surface area (Å²) in [7, 11) is 0. The van der Waals surface area contributed by atoms with Crippen LogP contribution in [0.2, 0.25) is 5.02 Å². The fourth-order valence-corrected chi connectivity index (χ4v) is 3.01. The molecular weight excluding hydrogens is 272 g/mol. The van der Waals surface area contributed by atoms with Crippen molar-refractivity contribution in [3.63, 3.8) is 0 Å². The molecule has 2 N–H and O–H groups in total. The van der Waals surface area contributed by atoms with Gasteiger partial charge in [0.1, 0.15) is 0 Å². The van der Waals surface area contributed by atoms with Gasteiger partial charge in [0.25, 0.3) is 0 Å². The predicted octanol–water partition coefficient (Wildman–Crippen LogP) is 2.16. The Morgan fingerprint density at radius 2 is 2.28 bits per heavy atom. The van der Waals surface area contributed by atoms with E-state index in [1.165, 1.54) is 16.7 Å². The van der Waals surface area contributed by atoms with Crippen LogP contribution in [0.15, 0.2) is 23.1 Å². The number of nitrogen functional groups attached to an aromatic ring is 1. The van der Waals surface area contributed by atoms with Crippen molar-refractivity contribution >= 4 is 40.9 Å². The van der Waals surface area contributed by atoms with Crippen molar-refractivity contribution in [1.29, 1.82) is 0 Å². The maximum Gasteiger partial charge on any atom is 0.239 e. The van der Waals surface area contributed by atoms with Gasteiger partial charge < -0.3 is 5.73 Å². The first kappa shape index (κ1) is 13.2. The number of rotatable bonds is 3. The van der Waals surface area contributed by atoms with Crippen LogP contribution >= 0.6 is 23.4 Å². The number of hydrogen-bond acceptors (Lipinski definition) is 4. The minimum atomic E-state index is -0.179. The lowest BCUT2D eigenvalue weighted by Crippen LogP contribution is -2.33. The van der Waals surface area contributed by atoms with Gasteiger partial charge >= 0.3 is 0 Å². The average Bonchev–Trinajstić information content (AvgIpc) is 2.74. The number of amides is 2. The molecule has 0 radical (unpaired) electrons. The Bertz CT molecular complexity index is 473. The highest BCUT2D eigenvalue weighted by molar-refractivity contribution is 8.00. The van der Waals surface area contributed by atoms with Crippen molar-refractivity contribution in [2.24, 2.45) is 0 Å². The molecule has 1 aromatic rings. The Kier molecular flexibility index (Phi) is 4.14. The van der Waals surface area contributed by atoms with Gasteiger partial charge in [0, 0.05) is 23.5 Å². The van der Waals surface area contributed by atoms with Crippen molar-refractivity contribution < 1.29 is 9.59 Å². The molecule has 0 aliphatic carbocycles. The molecule has 1 saturated heterocycles. The van der Waals surface area contributed by atoms with Gasteiger partial charge in [-0.3, -0.25) is 14.5 Å². The van der Waals surface area contributed by atoms with E-state index >= 15 is 0 Å². The van der Waals surface area contributed by atoms with Gasteiger partial charge in [-0.15, -0.1) is 11.8 Å². The Balaban J connectivity index is 1.99. The van der Waals surface area contributed by atoms with Crippen molar-refractivity contribution in [2.75, 3.05) is 18.0 Å². The van der Waals surface area contributed by atoms with Crippen molar-refractivity contribution in [1.82, 2.24) is 4.90 Å². The van der Waals surface area contributed by atoms with Crippen LogP contribution in [0.5, 0.6) is 0 Å². The molecule has 1 fully saturated rings. The smallest absolute Gasteiger partial charge is 0.239 e. The monoisotopic (exact) mass is 284 g/mol. The molecule has 2 amide bonds. The number of carbonyl (C=O) groups is 2. The molecule has 0 unspecified atom stereocenters. The number of imide groups is 1. The quantitative estimate of drug-likeness (QED) is 0.682. The summed E-state index contributed by atoms with van der Waals surface area (Å²) in [6, 6.07) is 5.22. The maximum absolute atomic E-state index is 11.9. The molecule has 1 aliphatic heterocycles. The van der Waals surface area contributed by atoms with Crippen molar-refractivity contribution in [3.8, 4) is 0 Å². The lowest BCUT2D eigenvalue weighted by molar-refractivity contribution is -0.140. The second kappa shape index (κ2) is 5.63. The van der Waals surface area contributed by atoms with Crippen LogP contribution in [-0.2, 0) is 9.59 Å². The molecule has 96 valence electrons. The summed E-state index contributed by atoms with van der Waals surface area (Å²) in [6.45, 7) is 0.524. The van der Waals surface area contributed by atoms with Gasteiger partial charge in [0.15, 0.2) is 0 Å². The summed E-state index contributed by atoms with van der Waals surface area (Å²) >= 11 is 7.28. The number of nitrogens with two attached hydrogens (primary N) is 1. The molecule has 0 bridgehead atoms. The second-order valence-electron chi connectivity index (χ2n) is 3.99. The average molecular weight is 285 g/mol. The number of hydrogen-bond donors (Lipinski definition) is 1. The first-order valence-corrected chi connectivity index (χ1v) is 6.96. The zero-order valence-electron chi connectivity index (χ0n) is 9.69. The SMILES string of the molecule is Nc1cccc(Cl)c1SCC(=O)N1CCCC1=O. The fourth-order valence-electron chi connectivity index (χ4n) is 1.80. The Morgan fingerprint density at radius 3 is 2.89 bits per heavy atom. The second-order valence-corrected chi connectivity index (χ2v) is 5.38. The number of anilines is 1. The van der Waals surface area contributed by atoms with Gasteiger partial charge in [-0.1, -0.05) is 17.7 Å². The molecule has 4 nitrogen and oxygen atoms in total. The molecule has 0 saturated carbocycles. The van der Waals surface area contributed by atoms with Crippen LogP contribution in [0.25, 0.3) is 0 Å². The molecular formula is C12H13ClN2O2S. The van der Waals surface area contributed by atoms with E-state index in [4.69, 9.17) is 17.3 Å². The predicted molar refractivity (Wildman–Crippen MR) is 72.5 cm³/mol. The first-order chi connectivity index (χ1) is 8.59. The fraction of sp³-hybridized carbons (Fsp3) is 0.333. The highest BCUT2D eigenvalue weighted by Gasteiger charge is 2.26. The minimum absolute atomic E-state index is 0.0901. The summed E-state index contributed by atoms with van der Waals surface area (Å²) in [5, 5.41) is 0.528. The van der Waals surface area contributed by atoms with Crippen molar-refractivity contribution in [2.45, 2.75) is 17.7 Å². The highest BCUT2D eigenvalue weighted by atomic mass is 35.5. The van der Waals surface area contributed by atoms with Crippen LogP contribution in [-0.4, -0.2) is 29.0 Å². The molecule has 0 spiro atoms. The lowest BCUT2D eigenvalue weighted by Gasteiger charge is -2.13. The summed E-state index contributed by atoms with van der Waals surface area (Å²) in [5.74, 6) is -0.0887. The molecule has 1 aromatic carbocycles. The first-order valence-electron chi connectivity index (χ1n) is 5.59. The summed E-state index contributed by atoms with van der Waals surface area (Å²) in [5.41, 5.74) is 6.34. The van der Waals surface area contributed by atoms with E-state index < -0.39 is 0 Å². The van der Waals surface area contributed by atoms with E-state index in [-0.39, 0.29) is 17.6 Å². The number of carbonyl (C=O) groups excluding carboxylic acids is 2. The third kappa shape index (κ3) is 2.79. The Labute approximate surface area is 114 Å². The summed E-state index contributed by atoms with van der Waals surface area (Å²) in [4.78, 5) is 25.3. The Morgan fingerprint density at radius 1 is 1.50 bits per heavy atom. The number of nitrogens with zero attached hydrogens (tertiary/aromatic N) is 1. The molecule has 0 aromatic heterocycles. The largest absolute Gasteiger partial charge is 0.398 e. The van der Waals surface area contributed by atoms with Gasteiger partial charge in [0.05, 0.1) is 10.8 Å². The van der Waals surface area contributed by atoms with Crippen LogP contribution in [0.1, 0.15) is 12.8 Å². The van der Waals surface area contributed by atoms with Crippen molar-refractivity contribution in [3.05, 3.63) is 23.2 Å². The third-order valence-corrected chi connectivity index (χ3v) is 4.27. The van der Waals surface area contributed by atoms with E-state index in [2.05, 4.69) is 0 Å². The van der Waals surface area contributed by atoms with Crippen LogP contribution < -0.4 is 5.73 Å². The summed E-state index contributed by atoms with van der Waals surface area (Å²) < 4.78 is 0. The standard InChI is InChI=1S/C12H13ClN2O2S/c13-8-3-1-4-9(14)12(8)18-7-11(17)15-6-2-5-10(15)16/h1,3-4H,2,5-7,14H2. The normalized spacial score (nSPS) is 15.2. The number of halogens is 1. The number of thioether (sulfide) groups is 1. The van der Waals surface area contributed by atoms with Gasteiger partial charge in [-0.25, -0.2) is 0 Å². The minimum Gasteiger partial charge on any atom is -0.398 e. The number of benzene rings is 1. The molecule has 6 heteroatoms. The summed E-state index contributed by atoms with van der Waals surface area (Å²) in [6.07, 6.45) is 1.22. The van der Waals surface area contributed by atoms with Gasteiger partial charge in [-0.05, 0) is 18.6 Å². The van der Waals surface area contributed by atoms with Gasteiger partial charge in [-0.2, -0.15) is 0 Å². The van der Waals surface area contributed by atoms with Gasteiger partial charge in [0.2, 0.25) is 11.8 Å². The highest BCUT2D eigenvalue weighted by Crippen LogP contribution is 2.32. The lowest BCUT2D eigenvalue weighted by atomic mass is 10.3. The third-order valence-electron chi connectivity index (χ3n) is 2.71. The van der Waals surface area contributed by atoms with E-state index in [1.807, 2.05) is 0 Å². The molecule has 18 heavy (non-hydrogen) atoms. The number of likely N-dealkylation sites (tertiary alicyclic amines) is 1. The molecule has 0 atom stereocenters. The van der Waals surface area contributed by atoms with Crippen LogP contribution in [0.4, 0.5) is 5.69 Å².